The lowest BCUT2D eigenvalue weighted by Crippen LogP contribution is -2.02. The van der Waals surface area contributed by atoms with E-state index in [4.69, 9.17) is 34.8 Å². The number of rotatable bonds is 2. The van der Waals surface area contributed by atoms with Crippen molar-refractivity contribution in [2.24, 2.45) is 7.05 Å². The van der Waals surface area contributed by atoms with Crippen molar-refractivity contribution in [2.75, 3.05) is 0 Å². The molecule has 2 rings (SSSR count). The predicted octanol–water partition coefficient (Wildman–Crippen LogP) is 3.77. The number of halogens is 3. The molecule has 1 aromatic heterocycles. The zero-order chi connectivity index (χ0) is 13.4. The van der Waals surface area contributed by atoms with Crippen LogP contribution in [0, 0.1) is 6.92 Å². The fourth-order valence-electron chi connectivity index (χ4n) is 1.84. The molecule has 0 aliphatic carbocycles. The minimum atomic E-state index is -0.947. The zero-order valence-corrected chi connectivity index (χ0v) is 12.1. The number of benzene rings is 1. The molecule has 96 valence electrons. The maximum atomic E-state index is 10.4. The van der Waals surface area contributed by atoms with Crippen LogP contribution < -0.4 is 0 Å². The van der Waals surface area contributed by atoms with E-state index in [-0.39, 0.29) is 0 Å². The van der Waals surface area contributed by atoms with Crippen molar-refractivity contribution in [3.8, 4) is 0 Å². The Morgan fingerprint density at radius 3 is 2.50 bits per heavy atom. The number of aryl methyl sites for hydroxylation is 2. The van der Waals surface area contributed by atoms with E-state index >= 15 is 0 Å². The average molecular weight is 306 g/mol. The van der Waals surface area contributed by atoms with E-state index in [2.05, 4.69) is 5.10 Å². The maximum absolute atomic E-state index is 10.4. The molecule has 18 heavy (non-hydrogen) atoms. The standard InChI is InChI=1S/C12H11Cl3N2O/c1-6-10(12(15)17(2)16-6)11(18)8-5-7(13)3-4-9(8)14/h3-5,11,18H,1-2H3. The summed E-state index contributed by atoms with van der Waals surface area (Å²) in [5.74, 6) is 0. The molecule has 0 spiro atoms. The number of aliphatic hydroxyl groups excluding tert-OH is 1. The van der Waals surface area contributed by atoms with E-state index in [1.165, 1.54) is 4.68 Å². The minimum Gasteiger partial charge on any atom is -0.383 e. The van der Waals surface area contributed by atoms with Crippen molar-refractivity contribution in [2.45, 2.75) is 13.0 Å². The Morgan fingerprint density at radius 1 is 1.28 bits per heavy atom. The van der Waals surface area contributed by atoms with Crippen LogP contribution in [0.4, 0.5) is 0 Å². The third kappa shape index (κ3) is 2.36. The zero-order valence-electron chi connectivity index (χ0n) is 9.78. The second kappa shape index (κ2) is 5.10. The molecule has 0 saturated carbocycles. The Balaban J connectivity index is 2.54. The number of aliphatic hydroxyl groups is 1. The van der Waals surface area contributed by atoms with Gasteiger partial charge in [0.05, 0.1) is 5.69 Å². The van der Waals surface area contributed by atoms with Gasteiger partial charge in [0.15, 0.2) is 0 Å². The van der Waals surface area contributed by atoms with Crippen molar-refractivity contribution in [1.29, 1.82) is 0 Å². The molecule has 0 amide bonds. The Kier molecular flexibility index (Phi) is 3.87. The highest BCUT2D eigenvalue weighted by molar-refractivity contribution is 6.33. The van der Waals surface area contributed by atoms with Crippen LogP contribution in [0.3, 0.4) is 0 Å². The van der Waals surface area contributed by atoms with Crippen LogP contribution in [-0.4, -0.2) is 14.9 Å². The lowest BCUT2D eigenvalue weighted by molar-refractivity contribution is 0.219. The summed E-state index contributed by atoms with van der Waals surface area (Å²) in [7, 11) is 1.71. The first kappa shape index (κ1) is 13.7. The summed E-state index contributed by atoms with van der Waals surface area (Å²) in [4.78, 5) is 0. The Bertz CT molecular complexity index is 595. The fraction of sp³-hybridized carbons (Fsp3) is 0.250. The lowest BCUT2D eigenvalue weighted by Gasteiger charge is -2.13. The Labute approximate surface area is 120 Å². The number of nitrogens with zero attached hydrogens (tertiary/aromatic N) is 2. The van der Waals surface area contributed by atoms with E-state index in [0.717, 1.165) is 0 Å². The molecule has 1 unspecified atom stereocenters. The highest BCUT2D eigenvalue weighted by atomic mass is 35.5. The molecule has 0 saturated heterocycles. The summed E-state index contributed by atoms with van der Waals surface area (Å²) < 4.78 is 1.51. The van der Waals surface area contributed by atoms with Crippen LogP contribution in [0.2, 0.25) is 15.2 Å². The van der Waals surface area contributed by atoms with Gasteiger partial charge in [0.1, 0.15) is 11.3 Å². The van der Waals surface area contributed by atoms with Crippen LogP contribution in [-0.2, 0) is 7.05 Å². The first-order valence-electron chi connectivity index (χ1n) is 5.23. The second-order valence-electron chi connectivity index (χ2n) is 3.98. The summed E-state index contributed by atoms with van der Waals surface area (Å²) in [5.41, 5.74) is 1.72. The molecule has 0 fully saturated rings. The Hall–Kier alpha value is -0.740. The van der Waals surface area contributed by atoms with Crippen LogP contribution in [0.5, 0.6) is 0 Å². The van der Waals surface area contributed by atoms with Gasteiger partial charge in [-0.3, -0.25) is 4.68 Å². The summed E-state index contributed by atoms with van der Waals surface area (Å²) >= 11 is 18.1. The van der Waals surface area contributed by atoms with Crippen molar-refractivity contribution in [3.63, 3.8) is 0 Å². The van der Waals surface area contributed by atoms with E-state index in [1.54, 1.807) is 32.2 Å². The van der Waals surface area contributed by atoms with E-state index < -0.39 is 6.10 Å². The molecule has 1 aromatic carbocycles. The van der Waals surface area contributed by atoms with Crippen LogP contribution in [0.15, 0.2) is 18.2 Å². The molecule has 0 radical (unpaired) electrons. The Morgan fingerprint density at radius 2 is 1.94 bits per heavy atom. The van der Waals surface area contributed by atoms with Gasteiger partial charge in [-0.15, -0.1) is 0 Å². The largest absolute Gasteiger partial charge is 0.383 e. The van der Waals surface area contributed by atoms with Crippen molar-refractivity contribution in [3.05, 3.63) is 50.2 Å². The third-order valence-corrected chi connectivity index (χ3v) is 3.75. The second-order valence-corrected chi connectivity index (χ2v) is 5.18. The van der Waals surface area contributed by atoms with Gasteiger partial charge >= 0.3 is 0 Å². The van der Waals surface area contributed by atoms with Gasteiger partial charge in [0.25, 0.3) is 0 Å². The monoisotopic (exact) mass is 304 g/mol. The van der Waals surface area contributed by atoms with Crippen LogP contribution in [0.1, 0.15) is 22.9 Å². The minimum absolute atomic E-state index is 0.385. The van der Waals surface area contributed by atoms with Crippen LogP contribution in [0.25, 0.3) is 0 Å². The molecule has 0 aliphatic heterocycles. The van der Waals surface area contributed by atoms with Crippen LogP contribution >= 0.6 is 34.8 Å². The molecule has 6 heteroatoms. The number of hydrogen-bond donors (Lipinski definition) is 1. The molecule has 1 N–H and O–H groups in total. The SMILES string of the molecule is Cc1nn(C)c(Cl)c1C(O)c1cc(Cl)ccc1Cl. The molecule has 0 bridgehead atoms. The maximum Gasteiger partial charge on any atom is 0.133 e. The highest BCUT2D eigenvalue weighted by Crippen LogP contribution is 2.35. The number of aromatic nitrogens is 2. The van der Waals surface area contributed by atoms with Gasteiger partial charge in [0, 0.05) is 28.2 Å². The summed E-state index contributed by atoms with van der Waals surface area (Å²) in [6.45, 7) is 1.78. The third-order valence-electron chi connectivity index (χ3n) is 2.72. The van der Waals surface area contributed by atoms with Gasteiger partial charge in [-0.05, 0) is 25.1 Å². The first-order valence-corrected chi connectivity index (χ1v) is 6.37. The summed E-state index contributed by atoms with van der Waals surface area (Å²) in [6, 6.07) is 4.93. The molecule has 1 heterocycles. The fourth-order valence-corrected chi connectivity index (χ4v) is 2.52. The van der Waals surface area contributed by atoms with Crippen molar-refractivity contribution < 1.29 is 5.11 Å². The predicted molar refractivity (Wildman–Crippen MR) is 73.5 cm³/mol. The molecule has 1 atom stereocenters. The molecule has 3 nitrogen and oxygen atoms in total. The summed E-state index contributed by atoms with van der Waals surface area (Å²) in [6.07, 6.45) is -0.947. The van der Waals surface area contributed by atoms with Gasteiger partial charge in [0.2, 0.25) is 0 Å². The smallest absolute Gasteiger partial charge is 0.133 e. The normalized spacial score (nSPS) is 12.8. The molecule has 2 aromatic rings. The highest BCUT2D eigenvalue weighted by Gasteiger charge is 2.23. The number of hydrogen-bond acceptors (Lipinski definition) is 2. The molecular formula is C12H11Cl3N2O. The molecule has 0 aliphatic rings. The average Bonchev–Trinajstić information content (AvgIpc) is 2.56. The quantitative estimate of drug-likeness (QED) is 0.917. The van der Waals surface area contributed by atoms with Gasteiger partial charge in [-0.1, -0.05) is 34.8 Å². The van der Waals surface area contributed by atoms with Crippen molar-refractivity contribution >= 4 is 34.8 Å². The van der Waals surface area contributed by atoms with Crippen molar-refractivity contribution in [1.82, 2.24) is 9.78 Å². The van der Waals surface area contributed by atoms with Gasteiger partial charge in [-0.25, -0.2) is 0 Å². The van der Waals surface area contributed by atoms with Gasteiger partial charge < -0.3 is 5.11 Å². The lowest BCUT2D eigenvalue weighted by atomic mass is 10.0. The first-order chi connectivity index (χ1) is 8.41. The van der Waals surface area contributed by atoms with E-state index in [9.17, 15) is 5.11 Å². The molecular weight excluding hydrogens is 295 g/mol. The van der Waals surface area contributed by atoms with E-state index in [1.807, 2.05) is 0 Å². The summed E-state index contributed by atoms with van der Waals surface area (Å²) in [5, 5.41) is 15.9. The van der Waals surface area contributed by atoms with Gasteiger partial charge in [-0.2, -0.15) is 5.10 Å². The van der Waals surface area contributed by atoms with E-state index in [0.29, 0.717) is 32.0 Å². The topological polar surface area (TPSA) is 38.0 Å².